The van der Waals surface area contributed by atoms with E-state index in [0.717, 1.165) is 5.57 Å². The van der Waals surface area contributed by atoms with Crippen molar-refractivity contribution in [3.8, 4) is 0 Å². The zero-order valence-corrected chi connectivity index (χ0v) is 9.22. The van der Waals surface area contributed by atoms with Gasteiger partial charge in [0.25, 0.3) is 0 Å². The Morgan fingerprint density at radius 2 is 2.25 bits per heavy atom. The van der Waals surface area contributed by atoms with E-state index in [-0.39, 0.29) is 24.4 Å². The monoisotopic (exact) mass is 224 g/mol. The molecule has 1 saturated heterocycles. The van der Waals surface area contributed by atoms with Gasteiger partial charge in [-0.05, 0) is 19.8 Å². The van der Waals surface area contributed by atoms with Gasteiger partial charge in [-0.25, -0.2) is 0 Å². The molecule has 3 rings (SSSR count). The second-order valence-electron chi connectivity index (χ2n) is 5.35. The maximum absolute atomic E-state index is 11.9. The van der Waals surface area contributed by atoms with Crippen LogP contribution in [0.15, 0.2) is 11.6 Å². The molecule has 0 radical (unpaired) electrons. The third kappa shape index (κ3) is 1.04. The Bertz CT molecular complexity index is 375. The van der Waals surface area contributed by atoms with Crippen molar-refractivity contribution in [2.24, 2.45) is 17.3 Å². The highest BCUT2D eigenvalue weighted by Gasteiger charge is 2.64. The average Bonchev–Trinajstić information content (AvgIpc) is 2.51. The van der Waals surface area contributed by atoms with Gasteiger partial charge in [-0.3, -0.25) is 4.79 Å². The van der Waals surface area contributed by atoms with E-state index >= 15 is 0 Å². The van der Waals surface area contributed by atoms with Gasteiger partial charge in [0, 0.05) is 11.8 Å². The van der Waals surface area contributed by atoms with E-state index in [1.165, 1.54) is 0 Å². The normalized spacial score (nSPS) is 50.7. The Morgan fingerprint density at radius 1 is 1.50 bits per heavy atom. The number of rotatable bonds is 0. The van der Waals surface area contributed by atoms with Gasteiger partial charge >= 0.3 is 5.97 Å². The van der Waals surface area contributed by atoms with Crippen molar-refractivity contribution in [3.63, 3.8) is 0 Å². The molecule has 0 aromatic heterocycles. The number of cyclic esters (lactones) is 1. The number of esters is 1. The lowest BCUT2D eigenvalue weighted by atomic mass is 9.56. The summed E-state index contributed by atoms with van der Waals surface area (Å²) in [5, 5.41) is 20.3. The topological polar surface area (TPSA) is 66.8 Å². The fourth-order valence-electron chi connectivity index (χ4n) is 3.70. The highest BCUT2D eigenvalue weighted by molar-refractivity contribution is 5.81. The summed E-state index contributed by atoms with van der Waals surface area (Å²) in [6, 6.07) is 0. The van der Waals surface area contributed by atoms with Crippen LogP contribution in [0.3, 0.4) is 0 Å². The van der Waals surface area contributed by atoms with E-state index in [4.69, 9.17) is 4.74 Å². The van der Waals surface area contributed by atoms with E-state index in [1.807, 2.05) is 13.0 Å². The first-order chi connectivity index (χ1) is 7.55. The molecule has 2 N–H and O–H groups in total. The molecule has 4 heteroatoms. The fourth-order valence-corrected chi connectivity index (χ4v) is 3.70. The van der Waals surface area contributed by atoms with Gasteiger partial charge in [-0.1, -0.05) is 11.6 Å². The van der Waals surface area contributed by atoms with E-state index < -0.39 is 17.6 Å². The fraction of sp³-hybridized carbons (Fsp3) is 0.750. The van der Waals surface area contributed by atoms with Crippen LogP contribution in [-0.2, 0) is 9.53 Å². The van der Waals surface area contributed by atoms with Crippen molar-refractivity contribution in [2.75, 3.05) is 6.61 Å². The van der Waals surface area contributed by atoms with E-state index in [2.05, 4.69) is 0 Å². The highest BCUT2D eigenvalue weighted by Crippen LogP contribution is 2.55. The van der Waals surface area contributed by atoms with Crippen LogP contribution in [0.4, 0.5) is 0 Å². The number of hydrogen-bond acceptors (Lipinski definition) is 4. The maximum Gasteiger partial charge on any atom is 0.315 e. The summed E-state index contributed by atoms with van der Waals surface area (Å²) in [6.07, 6.45) is 1.80. The van der Waals surface area contributed by atoms with Crippen LogP contribution in [-0.4, -0.2) is 35.0 Å². The van der Waals surface area contributed by atoms with Crippen LogP contribution >= 0.6 is 0 Å². The lowest BCUT2D eigenvalue weighted by Gasteiger charge is -2.48. The molecule has 2 fully saturated rings. The second-order valence-corrected chi connectivity index (χ2v) is 5.35. The van der Waals surface area contributed by atoms with Crippen molar-refractivity contribution in [1.29, 1.82) is 0 Å². The molecule has 1 saturated carbocycles. The van der Waals surface area contributed by atoms with Crippen LogP contribution in [0.25, 0.3) is 0 Å². The SMILES string of the molecule is CC1=C[C@H]2C[C@@H](O)[C@@H]3COC(=O)[C@]3(C1)[C@@H]2O. The summed E-state index contributed by atoms with van der Waals surface area (Å²) in [6.45, 7) is 2.22. The Hall–Kier alpha value is -0.870. The van der Waals surface area contributed by atoms with Gasteiger partial charge in [0.2, 0.25) is 0 Å². The van der Waals surface area contributed by atoms with Crippen molar-refractivity contribution < 1.29 is 19.7 Å². The minimum atomic E-state index is -0.874. The Morgan fingerprint density at radius 3 is 3.00 bits per heavy atom. The number of ether oxygens (including phenoxy) is 1. The Balaban J connectivity index is 2.12. The molecule has 1 heterocycles. The van der Waals surface area contributed by atoms with Gasteiger partial charge < -0.3 is 14.9 Å². The van der Waals surface area contributed by atoms with Gasteiger partial charge in [-0.2, -0.15) is 0 Å². The minimum Gasteiger partial charge on any atom is -0.465 e. The second kappa shape index (κ2) is 3.08. The molecule has 1 aliphatic heterocycles. The number of carbonyl (C=O) groups is 1. The third-order valence-corrected chi connectivity index (χ3v) is 4.42. The van der Waals surface area contributed by atoms with E-state index in [1.54, 1.807) is 0 Å². The number of allylic oxidation sites excluding steroid dienone is 1. The number of fused-ring (bicyclic) bond motifs is 1. The molecule has 5 atom stereocenters. The molecule has 16 heavy (non-hydrogen) atoms. The zero-order valence-electron chi connectivity index (χ0n) is 9.22. The summed E-state index contributed by atoms with van der Waals surface area (Å²) in [7, 11) is 0. The minimum absolute atomic E-state index is 0.106. The molecular weight excluding hydrogens is 208 g/mol. The van der Waals surface area contributed by atoms with Gasteiger partial charge in [-0.15, -0.1) is 0 Å². The standard InChI is InChI=1S/C12H16O4/c1-6-2-7-3-9(13)8-5-16-11(15)12(8,4-6)10(7)14/h2,7-10,13-14H,3-5H2,1H3/t7-,8-,9+,10+,12-/m0/s1. The average molecular weight is 224 g/mol. The van der Waals surface area contributed by atoms with Crippen LogP contribution < -0.4 is 0 Å². The Labute approximate surface area is 93.9 Å². The summed E-state index contributed by atoms with van der Waals surface area (Å²) >= 11 is 0. The maximum atomic E-state index is 11.9. The predicted molar refractivity (Wildman–Crippen MR) is 55.4 cm³/mol. The molecule has 0 amide bonds. The zero-order chi connectivity index (χ0) is 11.5. The van der Waals surface area contributed by atoms with E-state index in [0.29, 0.717) is 12.8 Å². The highest BCUT2D eigenvalue weighted by atomic mass is 16.5. The first-order valence-corrected chi connectivity index (χ1v) is 5.76. The molecule has 2 bridgehead atoms. The quantitative estimate of drug-likeness (QED) is 0.457. The molecular formula is C12H16O4. The summed E-state index contributed by atoms with van der Waals surface area (Å²) in [5.41, 5.74) is 0.243. The van der Waals surface area contributed by atoms with Crippen LogP contribution in [0.2, 0.25) is 0 Å². The number of carbonyl (C=O) groups excluding carboxylic acids is 1. The van der Waals surface area contributed by atoms with Crippen molar-refractivity contribution in [3.05, 3.63) is 11.6 Å². The smallest absolute Gasteiger partial charge is 0.315 e. The van der Waals surface area contributed by atoms with Gasteiger partial charge in [0.15, 0.2) is 0 Å². The largest absolute Gasteiger partial charge is 0.465 e. The van der Waals surface area contributed by atoms with Crippen molar-refractivity contribution in [2.45, 2.75) is 32.0 Å². The van der Waals surface area contributed by atoms with Crippen LogP contribution in [0, 0.1) is 17.3 Å². The number of aliphatic hydroxyl groups is 2. The van der Waals surface area contributed by atoms with E-state index in [9.17, 15) is 15.0 Å². The van der Waals surface area contributed by atoms with Crippen LogP contribution in [0.5, 0.6) is 0 Å². The molecule has 0 unspecified atom stereocenters. The lowest BCUT2D eigenvalue weighted by molar-refractivity contribution is -0.163. The predicted octanol–water partition coefficient (Wildman–Crippen LogP) is 0.238. The lowest BCUT2D eigenvalue weighted by Crippen LogP contribution is -2.57. The summed E-state index contributed by atoms with van der Waals surface area (Å²) < 4.78 is 5.08. The summed E-state index contributed by atoms with van der Waals surface area (Å²) in [5.74, 6) is -0.679. The van der Waals surface area contributed by atoms with Gasteiger partial charge in [0.05, 0.1) is 18.8 Å². The molecule has 3 aliphatic rings. The number of hydrogen-bond donors (Lipinski definition) is 2. The molecule has 2 aliphatic carbocycles. The summed E-state index contributed by atoms with van der Waals surface area (Å²) in [4.78, 5) is 11.9. The van der Waals surface area contributed by atoms with Gasteiger partial charge in [0.1, 0.15) is 5.41 Å². The molecule has 1 spiro atoms. The molecule has 88 valence electrons. The molecule has 0 aromatic rings. The first-order valence-electron chi connectivity index (χ1n) is 5.76. The number of aliphatic hydroxyl groups excluding tert-OH is 2. The molecule has 0 aromatic carbocycles. The van der Waals surface area contributed by atoms with Crippen molar-refractivity contribution in [1.82, 2.24) is 0 Å². The van der Waals surface area contributed by atoms with Crippen molar-refractivity contribution >= 4 is 5.97 Å². The Kier molecular flexibility index (Phi) is 1.98. The van der Waals surface area contributed by atoms with Crippen LogP contribution in [0.1, 0.15) is 19.8 Å². The molecule has 4 nitrogen and oxygen atoms in total. The first kappa shape index (κ1) is 10.3. The third-order valence-electron chi connectivity index (χ3n) is 4.42.